The molecule has 0 saturated carbocycles. The molecule has 1 aromatic carbocycles. The summed E-state index contributed by atoms with van der Waals surface area (Å²) in [4.78, 5) is 0. The maximum absolute atomic E-state index is 9.21. The van der Waals surface area contributed by atoms with Crippen LogP contribution in [0.25, 0.3) is 10.1 Å². The molecule has 0 unspecified atom stereocenters. The van der Waals surface area contributed by atoms with Crippen LogP contribution in [0.15, 0.2) is 22.4 Å². The molecule has 1 N–H and O–H groups in total. The van der Waals surface area contributed by atoms with Crippen molar-refractivity contribution >= 4 is 34.1 Å². The first kappa shape index (κ1) is 7.95. The number of phenolic OH excluding ortho intramolecular Hbond substituents is 1. The SMILES string of the molecule is Cc1c(S)sc2cc(O)ccc12. The van der Waals surface area contributed by atoms with Crippen LogP contribution in [0.5, 0.6) is 5.75 Å². The summed E-state index contributed by atoms with van der Waals surface area (Å²) in [6, 6.07) is 5.40. The lowest BCUT2D eigenvalue weighted by atomic mass is 10.2. The van der Waals surface area contributed by atoms with Gasteiger partial charge in [0.15, 0.2) is 0 Å². The number of aromatic hydroxyl groups is 1. The Balaban J connectivity index is 2.87. The summed E-state index contributed by atoms with van der Waals surface area (Å²) in [6.45, 7) is 2.04. The molecule has 0 aliphatic heterocycles. The number of thiophene rings is 1. The fourth-order valence-electron chi connectivity index (χ4n) is 1.20. The molecule has 0 atom stereocenters. The highest BCUT2D eigenvalue weighted by Gasteiger charge is 2.04. The molecule has 1 heterocycles. The normalized spacial score (nSPS) is 10.8. The fraction of sp³-hybridized carbons (Fsp3) is 0.111. The zero-order chi connectivity index (χ0) is 8.72. The van der Waals surface area contributed by atoms with Gasteiger partial charge in [0.25, 0.3) is 0 Å². The van der Waals surface area contributed by atoms with Crippen molar-refractivity contribution in [3.05, 3.63) is 23.8 Å². The van der Waals surface area contributed by atoms with Crippen LogP contribution in [-0.4, -0.2) is 5.11 Å². The molecule has 62 valence electrons. The minimum Gasteiger partial charge on any atom is -0.508 e. The Labute approximate surface area is 80.1 Å². The minimum atomic E-state index is 0.317. The van der Waals surface area contributed by atoms with Crippen molar-refractivity contribution in [3.8, 4) is 5.75 Å². The first-order valence-electron chi connectivity index (χ1n) is 3.59. The molecule has 0 amide bonds. The summed E-state index contributed by atoms with van der Waals surface area (Å²) < 4.78 is 2.12. The Kier molecular flexibility index (Phi) is 1.77. The van der Waals surface area contributed by atoms with Crippen molar-refractivity contribution in [1.82, 2.24) is 0 Å². The molecular formula is C9H8OS2. The first-order chi connectivity index (χ1) is 5.68. The maximum atomic E-state index is 9.21. The number of benzene rings is 1. The predicted octanol–water partition coefficient (Wildman–Crippen LogP) is 3.20. The minimum absolute atomic E-state index is 0.317. The molecule has 1 nitrogen and oxygen atoms in total. The zero-order valence-electron chi connectivity index (χ0n) is 6.53. The standard InChI is InChI=1S/C9H8OS2/c1-5-7-3-2-6(10)4-8(7)12-9(5)11/h2-4,10-11H,1H3. The second kappa shape index (κ2) is 2.68. The van der Waals surface area contributed by atoms with E-state index in [1.54, 1.807) is 23.5 Å². The van der Waals surface area contributed by atoms with Crippen molar-refractivity contribution in [1.29, 1.82) is 0 Å². The van der Waals surface area contributed by atoms with E-state index in [2.05, 4.69) is 12.6 Å². The lowest BCUT2D eigenvalue weighted by Crippen LogP contribution is -1.68. The third-order valence-corrected chi connectivity index (χ3v) is 3.56. The first-order valence-corrected chi connectivity index (χ1v) is 4.86. The average molecular weight is 196 g/mol. The molecule has 12 heavy (non-hydrogen) atoms. The van der Waals surface area contributed by atoms with E-state index in [1.807, 2.05) is 13.0 Å². The molecule has 0 saturated heterocycles. The molecular weight excluding hydrogens is 188 g/mol. The summed E-state index contributed by atoms with van der Waals surface area (Å²) in [6.07, 6.45) is 0. The molecule has 0 fully saturated rings. The van der Waals surface area contributed by atoms with E-state index in [4.69, 9.17) is 0 Å². The summed E-state index contributed by atoms with van der Waals surface area (Å²) >= 11 is 5.92. The van der Waals surface area contributed by atoms with Gasteiger partial charge in [-0.1, -0.05) is 0 Å². The van der Waals surface area contributed by atoms with E-state index in [0.717, 1.165) is 8.91 Å². The molecule has 1 aromatic heterocycles. The largest absolute Gasteiger partial charge is 0.508 e. The topological polar surface area (TPSA) is 20.2 Å². The predicted molar refractivity (Wildman–Crippen MR) is 55.5 cm³/mol. The second-order valence-electron chi connectivity index (χ2n) is 2.71. The summed E-state index contributed by atoms with van der Waals surface area (Å²) in [5, 5.41) is 10.4. The van der Waals surface area contributed by atoms with E-state index in [1.165, 1.54) is 10.9 Å². The van der Waals surface area contributed by atoms with Crippen molar-refractivity contribution in [2.24, 2.45) is 0 Å². The number of fused-ring (bicyclic) bond motifs is 1. The average Bonchev–Trinajstić information content (AvgIpc) is 2.28. The Hall–Kier alpha value is -0.670. The number of phenols is 1. The van der Waals surface area contributed by atoms with Crippen molar-refractivity contribution in [3.63, 3.8) is 0 Å². The molecule has 3 heteroatoms. The monoisotopic (exact) mass is 196 g/mol. The highest BCUT2D eigenvalue weighted by Crippen LogP contribution is 2.34. The molecule has 2 aromatic rings. The number of hydrogen-bond donors (Lipinski definition) is 2. The zero-order valence-corrected chi connectivity index (χ0v) is 8.25. The van der Waals surface area contributed by atoms with E-state index in [9.17, 15) is 5.11 Å². The van der Waals surface area contributed by atoms with Crippen LogP contribution in [0, 0.1) is 6.92 Å². The summed E-state index contributed by atoms with van der Waals surface area (Å²) in [5.41, 5.74) is 1.19. The maximum Gasteiger partial charge on any atom is 0.117 e. The van der Waals surface area contributed by atoms with Crippen molar-refractivity contribution in [2.75, 3.05) is 0 Å². The van der Waals surface area contributed by atoms with E-state index in [0.29, 0.717) is 5.75 Å². The summed E-state index contributed by atoms with van der Waals surface area (Å²) in [7, 11) is 0. The molecule has 0 spiro atoms. The molecule has 0 radical (unpaired) electrons. The third kappa shape index (κ3) is 1.09. The van der Waals surface area contributed by atoms with Crippen LogP contribution in [0.3, 0.4) is 0 Å². The van der Waals surface area contributed by atoms with Gasteiger partial charge < -0.3 is 5.11 Å². The molecule has 0 bridgehead atoms. The van der Waals surface area contributed by atoms with Gasteiger partial charge in [0, 0.05) is 4.70 Å². The summed E-state index contributed by atoms with van der Waals surface area (Å²) in [5.74, 6) is 0.317. The Bertz CT molecular complexity index is 431. The quantitative estimate of drug-likeness (QED) is 0.620. The van der Waals surface area contributed by atoms with Gasteiger partial charge in [-0.3, -0.25) is 0 Å². The second-order valence-corrected chi connectivity index (χ2v) is 4.51. The Morgan fingerprint density at radius 1 is 1.42 bits per heavy atom. The highest BCUT2D eigenvalue weighted by molar-refractivity contribution is 7.83. The highest BCUT2D eigenvalue weighted by atomic mass is 32.2. The molecule has 2 rings (SSSR count). The van der Waals surface area contributed by atoms with Gasteiger partial charge >= 0.3 is 0 Å². The number of hydrogen-bond acceptors (Lipinski definition) is 3. The van der Waals surface area contributed by atoms with Crippen LogP contribution in [0.4, 0.5) is 0 Å². The molecule has 0 aliphatic rings. The lowest BCUT2D eigenvalue weighted by Gasteiger charge is -1.92. The van der Waals surface area contributed by atoms with Gasteiger partial charge in [0.2, 0.25) is 0 Å². The number of aryl methyl sites for hydroxylation is 1. The van der Waals surface area contributed by atoms with E-state index >= 15 is 0 Å². The van der Waals surface area contributed by atoms with Crippen molar-refractivity contribution in [2.45, 2.75) is 11.1 Å². The van der Waals surface area contributed by atoms with Crippen LogP contribution in [0.2, 0.25) is 0 Å². The van der Waals surface area contributed by atoms with Gasteiger partial charge in [-0.25, -0.2) is 0 Å². The van der Waals surface area contributed by atoms with Gasteiger partial charge in [-0.05, 0) is 36.1 Å². The van der Waals surface area contributed by atoms with E-state index in [-0.39, 0.29) is 0 Å². The Morgan fingerprint density at radius 3 is 2.92 bits per heavy atom. The van der Waals surface area contributed by atoms with Crippen LogP contribution < -0.4 is 0 Å². The Morgan fingerprint density at radius 2 is 2.17 bits per heavy atom. The number of thiol groups is 1. The van der Waals surface area contributed by atoms with Gasteiger partial charge in [0.1, 0.15) is 5.75 Å². The number of rotatable bonds is 0. The van der Waals surface area contributed by atoms with Gasteiger partial charge in [0.05, 0.1) is 4.21 Å². The molecule has 0 aliphatic carbocycles. The third-order valence-electron chi connectivity index (χ3n) is 1.90. The van der Waals surface area contributed by atoms with Crippen LogP contribution in [-0.2, 0) is 0 Å². The van der Waals surface area contributed by atoms with Gasteiger partial charge in [-0.15, -0.1) is 24.0 Å². The van der Waals surface area contributed by atoms with Crippen LogP contribution in [0.1, 0.15) is 5.56 Å². The van der Waals surface area contributed by atoms with Crippen LogP contribution >= 0.6 is 24.0 Å². The van der Waals surface area contributed by atoms with Gasteiger partial charge in [-0.2, -0.15) is 0 Å². The van der Waals surface area contributed by atoms with Crippen molar-refractivity contribution < 1.29 is 5.11 Å². The van der Waals surface area contributed by atoms with E-state index < -0.39 is 0 Å². The fourth-order valence-corrected chi connectivity index (χ4v) is 2.60. The lowest BCUT2D eigenvalue weighted by molar-refractivity contribution is 0.476. The smallest absolute Gasteiger partial charge is 0.117 e.